The van der Waals surface area contributed by atoms with Gasteiger partial charge in [0.15, 0.2) is 11.6 Å². The van der Waals surface area contributed by atoms with Gasteiger partial charge in [0.05, 0.1) is 16.6 Å². The summed E-state index contributed by atoms with van der Waals surface area (Å²) >= 11 is 0. The minimum absolute atomic E-state index is 0.140. The van der Waals surface area contributed by atoms with Crippen LogP contribution in [0.4, 0.5) is 10.1 Å². The van der Waals surface area contributed by atoms with Crippen molar-refractivity contribution < 1.29 is 24.3 Å². The number of benzene rings is 1. The van der Waals surface area contributed by atoms with Gasteiger partial charge < -0.3 is 14.9 Å². The molecule has 1 aromatic rings. The van der Waals surface area contributed by atoms with E-state index in [-0.39, 0.29) is 23.6 Å². The molecule has 7 heteroatoms. The van der Waals surface area contributed by atoms with Gasteiger partial charge in [0.2, 0.25) is 0 Å². The molecule has 2 unspecified atom stereocenters. The molecule has 0 aromatic heterocycles. The van der Waals surface area contributed by atoms with Crippen LogP contribution in [-0.2, 0) is 0 Å². The molecular formula is C12H16FNO5. The molecule has 0 amide bonds. The van der Waals surface area contributed by atoms with E-state index in [1.165, 1.54) is 20.8 Å². The summed E-state index contributed by atoms with van der Waals surface area (Å²) in [4.78, 5) is 9.93. The van der Waals surface area contributed by atoms with Gasteiger partial charge in [-0.1, -0.05) is 0 Å². The average molecular weight is 273 g/mol. The number of halogens is 1. The Morgan fingerprint density at radius 3 is 2.63 bits per heavy atom. The third kappa shape index (κ3) is 3.39. The fourth-order valence-corrected chi connectivity index (χ4v) is 1.30. The minimum Gasteiger partial charge on any atom is -0.487 e. The highest BCUT2D eigenvalue weighted by Crippen LogP contribution is 2.28. The number of hydrogen-bond donors (Lipinski definition) is 2. The van der Waals surface area contributed by atoms with Crippen molar-refractivity contribution >= 4 is 5.69 Å². The molecule has 0 spiro atoms. The van der Waals surface area contributed by atoms with E-state index in [1.54, 1.807) is 0 Å². The molecular weight excluding hydrogens is 257 g/mol. The first kappa shape index (κ1) is 15.3. The van der Waals surface area contributed by atoms with Gasteiger partial charge in [-0.25, -0.2) is 4.39 Å². The lowest BCUT2D eigenvalue weighted by Crippen LogP contribution is -2.43. The maximum Gasteiger partial charge on any atom is 0.275 e. The molecule has 0 aliphatic rings. The van der Waals surface area contributed by atoms with E-state index in [2.05, 4.69) is 0 Å². The highest BCUT2D eigenvalue weighted by molar-refractivity contribution is 5.45. The van der Waals surface area contributed by atoms with Crippen molar-refractivity contribution in [1.82, 2.24) is 0 Å². The van der Waals surface area contributed by atoms with Crippen LogP contribution in [-0.4, -0.2) is 33.4 Å². The van der Waals surface area contributed by atoms with Gasteiger partial charge in [-0.15, -0.1) is 0 Å². The number of nitro groups is 1. The van der Waals surface area contributed by atoms with Crippen molar-refractivity contribution in [3.63, 3.8) is 0 Å². The van der Waals surface area contributed by atoms with Crippen molar-refractivity contribution in [2.45, 2.75) is 32.5 Å². The summed E-state index contributed by atoms with van der Waals surface area (Å²) in [7, 11) is 0. The van der Waals surface area contributed by atoms with Gasteiger partial charge in [-0.05, 0) is 26.8 Å². The van der Waals surface area contributed by atoms with Crippen molar-refractivity contribution in [2.75, 3.05) is 6.61 Å². The molecule has 6 nitrogen and oxygen atoms in total. The average Bonchev–Trinajstić information content (AvgIpc) is 2.30. The molecule has 0 radical (unpaired) electrons. The highest BCUT2D eigenvalue weighted by atomic mass is 19.1. The molecule has 1 aromatic carbocycles. The van der Waals surface area contributed by atoms with Crippen LogP contribution in [0.1, 0.15) is 19.4 Å². The Morgan fingerprint density at radius 2 is 2.16 bits per heavy atom. The number of hydrogen-bond acceptors (Lipinski definition) is 5. The van der Waals surface area contributed by atoms with Crippen LogP contribution < -0.4 is 4.74 Å². The zero-order valence-corrected chi connectivity index (χ0v) is 10.9. The van der Waals surface area contributed by atoms with E-state index in [0.717, 1.165) is 12.1 Å². The van der Waals surface area contributed by atoms with Crippen LogP contribution in [0.3, 0.4) is 0 Å². The van der Waals surface area contributed by atoms with Gasteiger partial charge in [-0.2, -0.15) is 0 Å². The summed E-state index contributed by atoms with van der Waals surface area (Å²) in [5.74, 6) is -1.06. The number of ether oxygens (including phenoxy) is 1. The van der Waals surface area contributed by atoms with E-state index >= 15 is 0 Å². The first-order valence-corrected chi connectivity index (χ1v) is 5.63. The largest absolute Gasteiger partial charge is 0.487 e. The molecule has 0 aliphatic carbocycles. The molecule has 2 N–H and O–H groups in total. The number of nitro benzene ring substituents is 1. The summed E-state index contributed by atoms with van der Waals surface area (Å²) in [5.41, 5.74) is -2.02. The first-order valence-electron chi connectivity index (χ1n) is 5.63. The Bertz CT molecular complexity index is 487. The minimum atomic E-state index is -1.54. The van der Waals surface area contributed by atoms with Crippen LogP contribution in [0.2, 0.25) is 0 Å². The second-order valence-electron chi connectivity index (χ2n) is 4.60. The molecule has 2 atom stereocenters. The topological polar surface area (TPSA) is 92.8 Å². The maximum atomic E-state index is 13.8. The Morgan fingerprint density at radius 1 is 1.58 bits per heavy atom. The lowest BCUT2D eigenvalue weighted by Gasteiger charge is -2.26. The Labute approximate surface area is 109 Å². The van der Waals surface area contributed by atoms with E-state index in [9.17, 15) is 24.7 Å². The number of rotatable bonds is 5. The van der Waals surface area contributed by atoms with Gasteiger partial charge in [-0.3, -0.25) is 10.1 Å². The second kappa shape index (κ2) is 5.50. The number of nitrogens with zero attached hydrogens (tertiary/aromatic N) is 1. The Balaban J connectivity index is 2.93. The highest BCUT2D eigenvalue weighted by Gasteiger charge is 2.28. The summed E-state index contributed by atoms with van der Waals surface area (Å²) in [6.07, 6.45) is -1.06. The normalized spacial score (nSPS) is 15.7. The second-order valence-corrected chi connectivity index (χ2v) is 4.60. The summed E-state index contributed by atoms with van der Waals surface area (Å²) in [6.45, 7) is 3.65. The Kier molecular flexibility index (Phi) is 4.43. The molecule has 106 valence electrons. The van der Waals surface area contributed by atoms with Crippen molar-refractivity contribution in [1.29, 1.82) is 0 Å². The quantitative estimate of drug-likeness (QED) is 0.627. The maximum absolute atomic E-state index is 13.8. The monoisotopic (exact) mass is 273 g/mol. The van der Waals surface area contributed by atoms with Gasteiger partial charge in [0.1, 0.15) is 12.2 Å². The molecule has 0 saturated carbocycles. The fourth-order valence-electron chi connectivity index (χ4n) is 1.30. The van der Waals surface area contributed by atoms with Crippen LogP contribution in [0, 0.1) is 22.9 Å². The standard InChI is InChI=1S/C12H16FNO5/c1-7-9(14(17)18)4-5-10(11(7)13)19-6-12(3,16)8(2)15/h4-5,8,15-16H,6H2,1-3H3. The van der Waals surface area contributed by atoms with Gasteiger partial charge >= 0.3 is 0 Å². The molecule has 1 rings (SSSR count). The number of aliphatic hydroxyl groups excluding tert-OH is 1. The molecule has 0 fully saturated rings. The summed E-state index contributed by atoms with van der Waals surface area (Å²) in [5, 5.41) is 29.7. The first-order chi connectivity index (χ1) is 8.66. The predicted octanol–water partition coefficient (Wildman–Crippen LogP) is 1.55. The Hall–Kier alpha value is -1.73. The van der Waals surface area contributed by atoms with Gasteiger partial charge in [0.25, 0.3) is 5.69 Å². The van der Waals surface area contributed by atoms with E-state index in [0.29, 0.717) is 0 Å². The van der Waals surface area contributed by atoms with Crippen LogP contribution in [0.15, 0.2) is 12.1 Å². The molecule has 19 heavy (non-hydrogen) atoms. The number of aliphatic hydroxyl groups is 2. The van der Waals surface area contributed by atoms with Crippen molar-refractivity contribution in [3.8, 4) is 5.75 Å². The van der Waals surface area contributed by atoms with E-state index < -0.39 is 22.4 Å². The lowest BCUT2D eigenvalue weighted by molar-refractivity contribution is -0.385. The van der Waals surface area contributed by atoms with E-state index in [1.807, 2.05) is 0 Å². The smallest absolute Gasteiger partial charge is 0.275 e. The zero-order chi connectivity index (χ0) is 14.8. The van der Waals surface area contributed by atoms with Crippen LogP contribution in [0.25, 0.3) is 0 Å². The summed E-state index contributed by atoms with van der Waals surface area (Å²) in [6, 6.07) is 2.25. The molecule has 0 aliphatic heterocycles. The zero-order valence-electron chi connectivity index (χ0n) is 10.9. The predicted molar refractivity (Wildman–Crippen MR) is 65.6 cm³/mol. The van der Waals surface area contributed by atoms with Crippen molar-refractivity contribution in [3.05, 3.63) is 33.6 Å². The lowest BCUT2D eigenvalue weighted by atomic mass is 10.0. The molecule has 0 bridgehead atoms. The van der Waals surface area contributed by atoms with Crippen LogP contribution >= 0.6 is 0 Å². The van der Waals surface area contributed by atoms with Crippen molar-refractivity contribution in [2.24, 2.45) is 0 Å². The van der Waals surface area contributed by atoms with Crippen LogP contribution in [0.5, 0.6) is 5.75 Å². The summed E-state index contributed by atoms with van der Waals surface area (Å²) < 4.78 is 18.9. The van der Waals surface area contributed by atoms with E-state index in [4.69, 9.17) is 4.74 Å². The molecule has 0 saturated heterocycles. The third-order valence-corrected chi connectivity index (χ3v) is 2.94. The third-order valence-electron chi connectivity index (χ3n) is 2.94. The van der Waals surface area contributed by atoms with Gasteiger partial charge in [0, 0.05) is 6.07 Å². The molecule has 0 heterocycles. The fraction of sp³-hybridized carbons (Fsp3) is 0.500. The SMILES string of the molecule is Cc1c([N+](=O)[O-])ccc(OCC(C)(O)C(C)O)c1F.